The van der Waals surface area contributed by atoms with E-state index in [1.807, 2.05) is 37.3 Å². The molecule has 3 nitrogen and oxygen atoms in total. The van der Waals surface area contributed by atoms with Gasteiger partial charge in [0.15, 0.2) is 0 Å². The normalized spacial score (nSPS) is 11.1. The minimum Gasteiger partial charge on any atom is -0.384 e. The van der Waals surface area contributed by atoms with Gasteiger partial charge in [-0.1, -0.05) is 43.3 Å². The van der Waals surface area contributed by atoms with Crippen molar-refractivity contribution in [3.8, 4) is 6.07 Å². The summed E-state index contributed by atoms with van der Waals surface area (Å²) in [5, 5.41) is 13.3. The van der Waals surface area contributed by atoms with Crippen LogP contribution in [-0.4, -0.2) is 11.5 Å². The van der Waals surface area contributed by atoms with E-state index in [2.05, 4.69) is 54.5 Å². The van der Waals surface area contributed by atoms with Crippen LogP contribution in [0.3, 0.4) is 0 Å². The Morgan fingerprint density at radius 2 is 1.76 bits per heavy atom. The van der Waals surface area contributed by atoms with Crippen LogP contribution < -0.4 is 5.32 Å². The minimum atomic E-state index is 0.0643. The average Bonchev–Trinajstić information content (AvgIpc) is 2.65. The zero-order chi connectivity index (χ0) is 18.1. The van der Waals surface area contributed by atoms with Crippen molar-refractivity contribution in [3.63, 3.8) is 0 Å². The molecule has 3 heteroatoms. The van der Waals surface area contributed by atoms with Crippen molar-refractivity contribution in [2.45, 2.75) is 27.2 Å². The molecule has 0 saturated heterocycles. The van der Waals surface area contributed by atoms with Gasteiger partial charge in [-0.2, -0.15) is 5.26 Å². The smallest absolute Gasteiger partial charge is 0.0722 e. The Kier molecular flexibility index (Phi) is 6.98. The Hall–Kier alpha value is -2.86. The van der Waals surface area contributed by atoms with Crippen molar-refractivity contribution >= 4 is 16.6 Å². The van der Waals surface area contributed by atoms with Crippen LogP contribution in [0.4, 0.5) is 5.69 Å². The van der Waals surface area contributed by atoms with Crippen molar-refractivity contribution in [1.29, 1.82) is 5.26 Å². The molecule has 0 spiro atoms. The predicted molar refractivity (Wildman–Crippen MR) is 106 cm³/mol. The van der Waals surface area contributed by atoms with E-state index >= 15 is 0 Å². The molecule has 3 aromatic rings. The highest BCUT2D eigenvalue weighted by Gasteiger charge is 2.04. The van der Waals surface area contributed by atoms with Gasteiger partial charge in [0.2, 0.25) is 0 Å². The number of hydrogen-bond donors (Lipinski definition) is 1. The molecule has 25 heavy (non-hydrogen) atoms. The summed E-state index contributed by atoms with van der Waals surface area (Å²) in [7, 11) is 0. The summed E-state index contributed by atoms with van der Waals surface area (Å²) in [5.41, 5.74) is 4.73. The summed E-state index contributed by atoms with van der Waals surface area (Å²) in [6.45, 7) is 6.95. The monoisotopic (exact) mass is 331 g/mol. The van der Waals surface area contributed by atoms with Crippen molar-refractivity contribution in [2.75, 3.05) is 11.9 Å². The van der Waals surface area contributed by atoms with Gasteiger partial charge in [0.25, 0.3) is 0 Å². The third kappa shape index (κ3) is 5.61. The molecule has 2 aromatic carbocycles. The molecule has 0 amide bonds. The van der Waals surface area contributed by atoms with E-state index in [9.17, 15) is 0 Å². The fraction of sp³-hybridized carbons (Fsp3) is 0.273. The van der Waals surface area contributed by atoms with Gasteiger partial charge in [-0.3, -0.25) is 4.98 Å². The number of anilines is 1. The van der Waals surface area contributed by atoms with Gasteiger partial charge >= 0.3 is 0 Å². The van der Waals surface area contributed by atoms with E-state index in [0.717, 1.165) is 23.0 Å². The van der Waals surface area contributed by atoms with Crippen LogP contribution in [0.25, 0.3) is 10.9 Å². The van der Waals surface area contributed by atoms with Crippen LogP contribution in [0.5, 0.6) is 0 Å². The van der Waals surface area contributed by atoms with Gasteiger partial charge in [0.05, 0.1) is 17.5 Å². The first kappa shape index (κ1) is 18.5. The Morgan fingerprint density at radius 1 is 1.04 bits per heavy atom. The summed E-state index contributed by atoms with van der Waals surface area (Å²) >= 11 is 0. The highest BCUT2D eigenvalue weighted by molar-refractivity contribution is 5.81. The molecule has 0 aliphatic rings. The fourth-order valence-corrected chi connectivity index (χ4v) is 2.36. The predicted octanol–water partition coefficient (Wildman–Crippen LogP) is 5.50. The summed E-state index contributed by atoms with van der Waals surface area (Å²) in [6.07, 6.45) is 2.66. The quantitative estimate of drug-likeness (QED) is 0.686. The minimum absolute atomic E-state index is 0.0643. The summed E-state index contributed by atoms with van der Waals surface area (Å²) < 4.78 is 0. The first-order valence-corrected chi connectivity index (χ1v) is 8.64. The molecule has 0 bridgehead atoms. The highest BCUT2D eigenvalue weighted by Crippen LogP contribution is 2.17. The number of fused-ring (bicyclic) bond motifs is 1. The van der Waals surface area contributed by atoms with Gasteiger partial charge in [-0.25, -0.2) is 0 Å². The van der Waals surface area contributed by atoms with Gasteiger partial charge in [0.1, 0.15) is 0 Å². The SMILES string of the molecule is CCC(C#N)CNc1ccc2cccnc2c1.Cc1ccccc1C. The Labute approximate surface area is 150 Å². The maximum atomic E-state index is 8.87. The van der Waals surface area contributed by atoms with Crippen molar-refractivity contribution < 1.29 is 0 Å². The van der Waals surface area contributed by atoms with Crippen LogP contribution >= 0.6 is 0 Å². The third-order valence-electron chi connectivity index (χ3n) is 4.26. The van der Waals surface area contributed by atoms with E-state index < -0.39 is 0 Å². The van der Waals surface area contributed by atoms with Gasteiger partial charge < -0.3 is 5.32 Å². The summed E-state index contributed by atoms with van der Waals surface area (Å²) in [4.78, 5) is 4.30. The van der Waals surface area contributed by atoms with Gasteiger partial charge in [0, 0.05) is 23.8 Å². The molecule has 1 N–H and O–H groups in total. The molecule has 1 heterocycles. The van der Waals surface area contributed by atoms with E-state index in [1.165, 1.54) is 11.1 Å². The van der Waals surface area contributed by atoms with Crippen LogP contribution in [0.1, 0.15) is 24.5 Å². The Balaban J connectivity index is 0.000000236. The Bertz CT molecular complexity index is 828. The van der Waals surface area contributed by atoms with Crippen molar-refractivity contribution in [1.82, 2.24) is 4.98 Å². The fourth-order valence-electron chi connectivity index (χ4n) is 2.36. The van der Waals surface area contributed by atoms with Gasteiger partial charge in [-0.05, 0) is 49.6 Å². The molecule has 0 saturated carbocycles. The molecule has 128 valence electrons. The number of nitrogens with zero attached hydrogens (tertiary/aromatic N) is 2. The van der Waals surface area contributed by atoms with Crippen LogP contribution in [0, 0.1) is 31.1 Å². The topological polar surface area (TPSA) is 48.7 Å². The molecule has 0 aliphatic carbocycles. The van der Waals surface area contributed by atoms with E-state index in [-0.39, 0.29) is 5.92 Å². The summed E-state index contributed by atoms with van der Waals surface area (Å²) in [6, 6.07) is 20.7. The second-order valence-electron chi connectivity index (χ2n) is 6.11. The number of aryl methyl sites for hydroxylation is 2. The lowest BCUT2D eigenvalue weighted by Gasteiger charge is -2.09. The zero-order valence-corrected chi connectivity index (χ0v) is 15.2. The molecule has 1 aromatic heterocycles. The van der Waals surface area contributed by atoms with E-state index in [0.29, 0.717) is 6.54 Å². The number of nitriles is 1. The molecule has 1 atom stereocenters. The number of pyridine rings is 1. The third-order valence-corrected chi connectivity index (χ3v) is 4.26. The Morgan fingerprint density at radius 3 is 2.36 bits per heavy atom. The standard InChI is InChI=1S/C14H15N3.C8H10/c1-2-11(9-15)10-17-13-6-5-12-4-3-7-16-14(12)8-13;1-7-5-3-4-6-8(7)2/h3-8,11,17H,2,10H2,1H3;3-6H,1-2H3. The van der Waals surface area contributed by atoms with Crippen LogP contribution in [-0.2, 0) is 0 Å². The molecule has 1 unspecified atom stereocenters. The van der Waals surface area contributed by atoms with Crippen molar-refractivity contribution in [3.05, 3.63) is 71.9 Å². The first-order valence-electron chi connectivity index (χ1n) is 8.64. The highest BCUT2D eigenvalue weighted by atomic mass is 14.9. The average molecular weight is 331 g/mol. The summed E-state index contributed by atoms with van der Waals surface area (Å²) in [5.74, 6) is 0.0643. The molecule has 0 radical (unpaired) electrons. The lowest BCUT2D eigenvalue weighted by molar-refractivity contribution is 0.674. The molecule has 0 fully saturated rings. The number of aromatic nitrogens is 1. The number of nitrogens with one attached hydrogen (secondary N) is 1. The second-order valence-corrected chi connectivity index (χ2v) is 6.11. The van der Waals surface area contributed by atoms with Crippen LogP contribution in [0.2, 0.25) is 0 Å². The zero-order valence-electron chi connectivity index (χ0n) is 15.2. The molecule has 3 rings (SSSR count). The van der Waals surface area contributed by atoms with Gasteiger partial charge in [-0.15, -0.1) is 0 Å². The maximum absolute atomic E-state index is 8.87. The maximum Gasteiger partial charge on any atom is 0.0722 e. The number of rotatable bonds is 4. The van der Waals surface area contributed by atoms with Crippen LogP contribution in [0.15, 0.2) is 60.8 Å². The van der Waals surface area contributed by atoms with Crippen molar-refractivity contribution in [2.24, 2.45) is 5.92 Å². The number of hydrogen-bond acceptors (Lipinski definition) is 3. The molecule has 0 aliphatic heterocycles. The lowest BCUT2D eigenvalue weighted by atomic mass is 10.1. The molecular formula is C22H25N3. The van der Waals surface area contributed by atoms with E-state index in [1.54, 1.807) is 6.20 Å². The lowest BCUT2D eigenvalue weighted by Crippen LogP contribution is -2.11. The van der Waals surface area contributed by atoms with E-state index in [4.69, 9.17) is 5.26 Å². The first-order chi connectivity index (χ1) is 12.1. The molecular weight excluding hydrogens is 306 g/mol. The largest absolute Gasteiger partial charge is 0.384 e. The number of benzene rings is 2. The second kappa shape index (κ2) is 9.44.